The van der Waals surface area contributed by atoms with Gasteiger partial charge in [-0.1, -0.05) is 0 Å². The van der Waals surface area contributed by atoms with Crippen LogP contribution in [0.15, 0.2) is 6.20 Å². The molecule has 2 fully saturated rings. The van der Waals surface area contributed by atoms with Crippen molar-refractivity contribution in [1.82, 2.24) is 14.9 Å². The second kappa shape index (κ2) is 4.52. The molecule has 3 rings (SSSR count). The third-order valence-corrected chi connectivity index (χ3v) is 3.29. The molecule has 8 heteroatoms. The fourth-order valence-electron chi connectivity index (χ4n) is 2.31. The highest BCUT2D eigenvalue weighted by Crippen LogP contribution is 2.22. The van der Waals surface area contributed by atoms with Gasteiger partial charge in [0.25, 0.3) is 5.88 Å². The largest absolute Gasteiger partial charge is 0.479 e. The summed E-state index contributed by atoms with van der Waals surface area (Å²) in [7, 11) is 1.36. The van der Waals surface area contributed by atoms with E-state index in [2.05, 4.69) is 9.97 Å². The zero-order valence-corrected chi connectivity index (χ0v) is 10.4. The van der Waals surface area contributed by atoms with Crippen LogP contribution in [0.3, 0.4) is 0 Å². The molecule has 1 unspecified atom stereocenters. The Morgan fingerprint density at radius 2 is 2.37 bits per heavy atom. The molecule has 3 heterocycles. The van der Waals surface area contributed by atoms with Gasteiger partial charge in [-0.3, -0.25) is 4.90 Å². The number of methoxy groups -OCH3 is 1. The highest BCUT2D eigenvalue weighted by atomic mass is 19.1. The number of piperazine rings is 1. The number of amides is 1. The summed E-state index contributed by atoms with van der Waals surface area (Å²) < 4.78 is 23.1. The van der Waals surface area contributed by atoms with E-state index in [1.54, 1.807) is 4.90 Å². The Labute approximate surface area is 108 Å². The van der Waals surface area contributed by atoms with Crippen molar-refractivity contribution in [3.63, 3.8) is 0 Å². The van der Waals surface area contributed by atoms with Gasteiger partial charge >= 0.3 is 6.09 Å². The summed E-state index contributed by atoms with van der Waals surface area (Å²) in [6.45, 7) is 2.07. The van der Waals surface area contributed by atoms with Gasteiger partial charge < -0.3 is 14.4 Å². The molecule has 19 heavy (non-hydrogen) atoms. The summed E-state index contributed by atoms with van der Waals surface area (Å²) in [5.74, 6) is -0.271. The molecule has 0 N–H and O–H groups in total. The molecule has 2 aliphatic heterocycles. The standard InChI is InChI=1S/C11H13FN4O3/c1-18-9-8(12)4-13-10(14-9)15-2-3-16-7(5-15)6-19-11(16)17/h4,7H,2-3,5-6H2,1H3. The van der Waals surface area contributed by atoms with Crippen LogP contribution in [-0.4, -0.2) is 60.4 Å². The van der Waals surface area contributed by atoms with Gasteiger partial charge in [-0.2, -0.15) is 9.37 Å². The molecule has 1 atom stereocenters. The molecule has 0 saturated carbocycles. The van der Waals surface area contributed by atoms with E-state index in [9.17, 15) is 9.18 Å². The van der Waals surface area contributed by atoms with Gasteiger partial charge in [0, 0.05) is 19.6 Å². The van der Waals surface area contributed by atoms with E-state index in [1.165, 1.54) is 7.11 Å². The summed E-state index contributed by atoms with van der Waals surface area (Å²) in [5.41, 5.74) is 0. The fourth-order valence-corrected chi connectivity index (χ4v) is 2.31. The zero-order chi connectivity index (χ0) is 13.4. The van der Waals surface area contributed by atoms with Gasteiger partial charge in [0.2, 0.25) is 11.8 Å². The van der Waals surface area contributed by atoms with Crippen LogP contribution in [0.5, 0.6) is 5.88 Å². The van der Waals surface area contributed by atoms with E-state index in [0.29, 0.717) is 32.2 Å². The van der Waals surface area contributed by atoms with Gasteiger partial charge in [-0.15, -0.1) is 0 Å². The van der Waals surface area contributed by atoms with Crippen LogP contribution in [0, 0.1) is 5.82 Å². The number of nitrogens with zero attached hydrogens (tertiary/aromatic N) is 4. The average molecular weight is 268 g/mol. The van der Waals surface area contributed by atoms with E-state index >= 15 is 0 Å². The minimum atomic E-state index is -0.593. The molecule has 2 saturated heterocycles. The second-order valence-corrected chi connectivity index (χ2v) is 4.40. The van der Waals surface area contributed by atoms with Crippen molar-refractivity contribution in [2.45, 2.75) is 6.04 Å². The van der Waals surface area contributed by atoms with Crippen molar-refractivity contribution < 1.29 is 18.7 Å². The number of anilines is 1. The molecule has 0 aliphatic carbocycles. The minimum Gasteiger partial charge on any atom is -0.479 e. The van der Waals surface area contributed by atoms with E-state index in [0.717, 1.165) is 6.20 Å². The summed E-state index contributed by atoms with van der Waals surface area (Å²) >= 11 is 0. The number of halogens is 1. The van der Waals surface area contributed by atoms with Crippen molar-refractivity contribution in [2.75, 3.05) is 38.3 Å². The van der Waals surface area contributed by atoms with Gasteiger partial charge in [0.05, 0.1) is 19.3 Å². The Morgan fingerprint density at radius 3 is 3.16 bits per heavy atom. The van der Waals surface area contributed by atoms with E-state index < -0.39 is 5.82 Å². The Bertz CT molecular complexity index is 513. The molecule has 1 amide bonds. The predicted octanol–water partition coefficient (Wildman–Crippen LogP) is 0.265. The third-order valence-electron chi connectivity index (χ3n) is 3.29. The molecular weight excluding hydrogens is 255 g/mol. The Kier molecular flexibility index (Phi) is 2.84. The summed E-state index contributed by atoms with van der Waals surface area (Å²) in [5, 5.41) is 0. The fraction of sp³-hybridized carbons (Fsp3) is 0.545. The monoisotopic (exact) mass is 268 g/mol. The lowest BCUT2D eigenvalue weighted by molar-refractivity contribution is 0.157. The number of rotatable bonds is 2. The molecule has 0 bridgehead atoms. The lowest BCUT2D eigenvalue weighted by atomic mass is 10.2. The topological polar surface area (TPSA) is 67.8 Å². The lowest BCUT2D eigenvalue weighted by Crippen LogP contribution is -2.52. The average Bonchev–Trinajstić information content (AvgIpc) is 2.80. The van der Waals surface area contributed by atoms with Crippen LogP contribution in [0.2, 0.25) is 0 Å². The molecular formula is C11H13FN4O3. The van der Waals surface area contributed by atoms with Crippen LogP contribution in [0.1, 0.15) is 0 Å². The van der Waals surface area contributed by atoms with Crippen molar-refractivity contribution in [1.29, 1.82) is 0 Å². The zero-order valence-electron chi connectivity index (χ0n) is 10.4. The Balaban J connectivity index is 1.78. The summed E-state index contributed by atoms with van der Waals surface area (Å²) in [6, 6.07) is 0.000831. The number of fused-ring (bicyclic) bond motifs is 1. The van der Waals surface area contributed by atoms with Gasteiger partial charge in [-0.05, 0) is 0 Å². The number of hydrogen-bond acceptors (Lipinski definition) is 6. The van der Waals surface area contributed by atoms with Crippen molar-refractivity contribution in [2.24, 2.45) is 0 Å². The first-order valence-corrected chi connectivity index (χ1v) is 5.94. The second-order valence-electron chi connectivity index (χ2n) is 4.40. The summed E-state index contributed by atoms with van der Waals surface area (Å²) in [4.78, 5) is 22.9. The van der Waals surface area contributed by atoms with Crippen molar-refractivity contribution >= 4 is 12.0 Å². The van der Waals surface area contributed by atoms with Crippen molar-refractivity contribution in [3.8, 4) is 5.88 Å². The molecule has 1 aromatic rings. The maximum atomic E-state index is 13.3. The molecule has 0 spiro atoms. The van der Waals surface area contributed by atoms with Gasteiger partial charge in [-0.25, -0.2) is 9.78 Å². The summed E-state index contributed by atoms with van der Waals surface area (Å²) in [6.07, 6.45) is 0.811. The highest BCUT2D eigenvalue weighted by molar-refractivity contribution is 5.70. The quantitative estimate of drug-likeness (QED) is 0.766. The normalized spacial score (nSPS) is 22.2. The van der Waals surface area contributed by atoms with Crippen LogP contribution in [0.4, 0.5) is 15.1 Å². The number of hydrogen-bond donors (Lipinski definition) is 0. The number of cyclic esters (lactones) is 1. The maximum absolute atomic E-state index is 13.3. The molecule has 0 aromatic carbocycles. The molecule has 102 valence electrons. The van der Waals surface area contributed by atoms with Crippen LogP contribution in [0.25, 0.3) is 0 Å². The van der Waals surface area contributed by atoms with E-state index in [1.807, 2.05) is 4.90 Å². The van der Waals surface area contributed by atoms with Crippen LogP contribution >= 0.6 is 0 Å². The maximum Gasteiger partial charge on any atom is 0.410 e. The first kappa shape index (κ1) is 11.9. The van der Waals surface area contributed by atoms with E-state index in [4.69, 9.17) is 9.47 Å². The van der Waals surface area contributed by atoms with Crippen LogP contribution < -0.4 is 9.64 Å². The molecule has 0 radical (unpaired) electrons. The highest BCUT2D eigenvalue weighted by Gasteiger charge is 2.38. The first-order valence-electron chi connectivity index (χ1n) is 5.94. The molecule has 7 nitrogen and oxygen atoms in total. The smallest absolute Gasteiger partial charge is 0.410 e. The Morgan fingerprint density at radius 1 is 1.53 bits per heavy atom. The van der Waals surface area contributed by atoms with Gasteiger partial charge in [0.15, 0.2) is 0 Å². The molecule has 2 aliphatic rings. The molecule has 1 aromatic heterocycles. The SMILES string of the molecule is COc1nc(N2CCN3C(=O)OCC3C2)ncc1F. The van der Waals surface area contributed by atoms with Crippen molar-refractivity contribution in [3.05, 3.63) is 12.0 Å². The first-order chi connectivity index (χ1) is 9.19. The number of ether oxygens (including phenoxy) is 2. The number of carbonyl (C=O) groups excluding carboxylic acids is 1. The van der Waals surface area contributed by atoms with E-state index in [-0.39, 0.29) is 18.0 Å². The minimum absolute atomic E-state index is 0.000831. The Hall–Kier alpha value is -2.12. The number of aromatic nitrogens is 2. The number of carbonyl (C=O) groups is 1. The van der Waals surface area contributed by atoms with Gasteiger partial charge in [0.1, 0.15) is 6.61 Å². The van der Waals surface area contributed by atoms with Crippen LogP contribution in [-0.2, 0) is 4.74 Å². The predicted molar refractivity (Wildman–Crippen MR) is 62.6 cm³/mol. The lowest BCUT2D eigenvalue weighted by Gasteiger charge is -2.35. The third kappa shape index (κ3) is 2.02.